The van der Waals surface area contributed by atoms with Gasteiger partial charge in [0, 0.05) is 11.8 Å². The molecule has 0 aliphatic rings. The molecular weight excluding hydrogens is 371 g/mol. The summed E-state index contributed by atoms with van der Waals surface area (Å²) in [5, 5.41) is 15.0. The van der Waals surface area contributed by atoms with Crippen LogP contribution in [0.2, 0.25) is 0 Å². The van der Waals surface area contributed by atoms with Gasteiger partial charge >= 0.3 is 12.1 Å². The van der Waals surface area contributed by atoms with Crippen molar-refractivity contribution in [1.82, 2.24) is 14.8 Å². The maximum atomic E-state index is 13.4. The van der Waals surface area contributed by atoms with Crippen molar-refractivity contribution in [2.75, 3.05) is 0 Å². The number of carbonyl (C=O) groups is 1. The number of benzene rings is 2. The first-order valence-corrected chi connectivity index (χ1v) is 8.20. The summed E-state index contributed by atoms with van der Waals surface area (Å²) in [5.41, 5.74) is -0.649. The zero-order valence-corrected chi connectivity index (χ0v) is 14.2. The van der Waals surface area contributed by atoms with E-state index in [1.54, 1.807) is 12.1 Å². The summed E-state index contributed by atoms with van der Waals surface area (Å²) in [5.74, 6) is -1.82. The Kier molecular flexibility index (Phi) is 4.11. The lowest BCUT2D eigenvalue weighted by molar-refractivity contribution is -0.137. The maximum Gasteiger partial charge on any atom is 0.420 e. The van der Waals surface area contributed by atoms with E-state index in [1.807, 2.05) is 30.3 Å². The van der Waals surface area contributed by atoms with Gasteiger partial charge in [-0.05, 0) is 35.0 Å². The van der Waals surface area contributed by atoms with Crippen LogP contribution in [0.4, 0.5) is 13.2 Å². The summed E-state index contributed by atoms with van der Waals surface area (Å²) < 4.78 is 41.3. The normalized spacial score (nSPS) is 11.7. The number of rotatable bonds is 3. The number of halogens is 3. The van der Waals surface area contributed by atoms with Gasteiger partial charge in [0.15, 0.2) is 11.5 Å². The van der Waals surface area contributed by atoms with E-state index in [0.717, 1.165) is 21.5 Å². The van der Waals surface area contributed by atoms with Crippen LogP contribution in [0.5, 0.6) is 0 Å². The molecular formula is C20H12F3N3O2. The average molecular weight is 383 g/mol. The van der Waals surface area contributed by atoms with E-state index in [1.165, 1.54) is 18.3 Å². The molecule has 5 nitrogen and oxygen atoms in total. The second kappa shape index (κ2) is 6.49. The van der Waals surface area contributed by atoms with E-state index < -0.39 is 23.5 Å². The van der Waals surface area contributed by atoms with E-state index in [-0.39, 0.29) is 11.4 Å². The zero-order valence-electron chi connectivity index (χ0n) is 14.2. The Labute approximate surface area is 156 Å². The quantitative estimate of drug-likeness (QED) is 0.552. The van der Waals surface area contributed by atoms with Gasteiger partial charge in [0.05, 0.1) is 5.69 Å². The minimum Gasteiger partial charge on any atom is -0.476 e. The lowest BCUT2D eigenvalue weighted by Gasteiger charge is -2.14. The van der Waals surface area contributed by atoms with Crippen molar-refractivity contribution in [2.45, 2.75) is 6.18 Å². The molecule has 4 aromatic rings. The minimum atomic E-state index is -4.67. The summed E-state index contributed by atoms with van der Waals surface area (Å²) in [4.78, 5) is 15.2. The van der Waals surface area contributed by atoms with Gasteiger partial charge in [-0.25, -0.2) is 14.5 Å². The molecule has 2 aromatic heterocycles. The van der Waals surface area contributed by atoms with Crippen LogP contribution in [0.1, 0.15) is 16.1 Å². The predicted octanol–water partition coefficient (Wildman–Crippen LogP) is 4.80. The number of fused-ring (bicyclic) bond motifs is 1. The maximum absolute atomic E-state index is 13.4. The second-order valence-electron chi connectivity index (χ2n) is 6.07. The first-order valence-electron chi connectivity index (χ1n) is 8.20. The number of nitrogens with zero attached hydrogens (tertiary/aromatic N) is 3. The van der Waals surface area contributed by atoms with Crippen LogP contribution in [-0.2, 0) is 6.18 Å². The van der Waals surface area contributed by atoms with E-state index in [2.05, 4.69) is 10.1 Å². The summed E-state index contributed by atoms with van der Waals surface area (Å²) in [6.45, 7) is 0. The minimum absolute atomic E-state index is 0.201. The first-order chi connectivity index (χ1) is 13.3. The molecule has 2 heterocycles. The van der Waals surface area contributed by atoms with E-state index in [9.17, 15) is 23.1 Å². The van der Waals surface area contributed by atoms with Crippen molar-refractivity contribution in [3.8, 4) is 17.1 Å². The molecule has 0 bridgehead atoms. The third-order valence-electron chi connectivity index (χ3n) is 4.27. The van der Waals surface area contributed by atoms with Gasteiger partial charge in [0.25, 0.3) is 0 Å². The van der Waals surface area contributed by atoms with Crippen LogP contribution in [0.3, 0.4) is 0 Å². The smallest absolute Gasteiger partial charge is 0.420 e. The lowest BCUT2D eigenvalue weighted by atomic mass is 10.0. The van der Waals surface area contributed by atoms with E-state index >= 15 is 0 Å². The molecule has 0 atom stereocenters. The van der Waals surface area contributed by atoms with Gasteiger partial charge in [-0.1, -0.05) is 36.4 Å². The Hall–Kier alpha value is -3.68. The Morgan fingerprint density at radius 3 is 2.43 bits per heavy atom. The van der Waals surface area contributed by atoms with Gasteiger partial charge in [-0.2, -0.15) is 18.3 Å². The first kappa shape index (κ1) is 17.7. The number of carboxylic acid groups (broad SMARTS) is 1. The van der Waals surface area contributed by atoms with Gasteiger partial charge in [0.1, 0.15) is 5.56 Å². The number of pyridine rings is 1. The molecule has 0 aliphatic heterocycles. The molecule has 0 unspecified atom stereocenters. The molecule has 0 saturated carbocycles. The largest absolute Gasteiger partial charge is 0.476 e. The molecule has 28 heavy (non-hydrogen) atoms. The third-order valence-corrected chi connectivity index (χ3v) is 4.27. The topological polar surface area (TPSA) is 68.0 Å². The molecule has 4 rings (SSSR count). The molecule has 0 amide bonds. The van der Waals surface area contributed by atoms with Crippen molar-refractivity contribution in [3.05, 3.63) is 78.1 Å². The molecule has 0 aliphatic carbocycles. The Balaban J connectivity index is 1.98. The van der Waals surface area contributed by atoms with Crippen LogP contribution in [0, 0.1) is 0 Å². The van der Waals surface area contributed by atoms with Crippen LogP contribution < -0.4 is 0 Å². The van der Waals surface area contributed by atoms with Crippen molar-refractivity contribution in [3.63, 3.8) is 0 Å². The molecule has 0 fully saturated rings. The van der Waals surface area contributed by atoms with Crippen molar-refractivity contribution in [2.24, 2.45) is 0 Å². The fourth-order valence-electron chi connectivity index (χ4n) is 2.99. The fourth-order valence-corrected chi connectivity index (χ4v) is 2.99. The molecule has 140 valence electrons. The lowest BCUT2D eigenvalue weighted by Crippen LogP contribution is -2.14. The third kappa shape index (κ3) is 3.09. The van der Waals surface area contributed by atoms with Crippen molar-refractivity contribution >= 4 is 16.7 Å². The summed E-state index contributed by atoms with van der Waals surface area (Å²) in [7, 11) is 0. The Bertz CT molecular complexity index is 1200. The summed E-state index contributed by atoms with van der Waals surface area (Å²) in [6, 6.07) is 16.1. The van der Waals surface area contributed by atoms with Crippen molar-refractivity contribution in [1.29, 1.82) is 0 Å². The number of hydrogen-bond donors (Lipinski definition) is 1. The average Bonchev–Trinajstić information content (AvgIpc) is 3.12. The van der Waals surface area contributed by atoms with Crippen LogP contribution in [-0.4, -0.2) is 25.8 Å². The molecule has 8 heteroatoms. The van der Waals surface area contributed by atoms with E-state index in [4.69, 9.17) is 0 Å². The summed E-state index contributed by atoms with van der Waals surface area (Å²) in [6.07, 6.45) is -3.46. The predicted molar refractivity (Wildman–Crippen MR) is 96.3 cm³/mol. The zero-order chi connectivity index (χ0) is 19.9. The van der Waals surface area contributed by atoms with Crippen LogP contribution in [0.15, 0.2) is 66.9 Å². The highest BCUT2D eigenvalue weighted by atomic mass is 19.4. The number of alkyl halides is 3. The molecule has 0 spiro atoms. The fraction of sp³-hybridized carbons (Fsp3) is 0.0500. The highest BCUT2D eigenvalue weighted by molar-refractivity contribution is 5.90. The van der Waals surface area contributed by atoms with Crippen LogP contribution in [0.25, 0.3) is 27.8 Å². The van der Waals surface area contributed by atoms with Gasteiger partial charge in [-0.3, -0.25) is 0 Å². The molecule has 0 radical (unpaired) electrons. The number of carboxylic acids is 1. The number of aromatic nitrogens is 3. The van der Waals surface area contributed by atoms with Gasteiger partial charge in [0.2, 0.25) is 0 Å². The van der Waals surface area contributed by atoms with Crippen LogP contribution >= 0.6 is 0 Å². The number of hydrogen-bond acceptors (Lipinski definition) is 3. The van der Waals surface area contributed by atoms with E-state index in [0.29, 0.717) is 5.56 Å². The molecule has 1 N–H and O–H groups in total. The SMILES string of the molecule is O=C(O)c1cc(-c2ccc3ccccc3c2)n(-c2ncccc2C(F)(F)F)n1. The second-order valence-corrected chi connectivity index (χ2v) is 6.07. The highest BCUT2D eigenvalue weighted by Crippen LogP contribution is 2.35. The monoisotopic (exact) mass is 383 g/mol. The standard InChI is InChI=1S/C20H12F3N3O2/c21-20(22,23)15-6-3-9-24-18(15)26-17(11-16(25-26)19(27)28)14-8-7-12-4-1-2-5-13(12)10-14/h1-11H,(H,27,28). The highest BCUT2D eigenvalue weighted by Gasteiger charge is 2.35. The Morgan fingerprint density at radius 1 is 0.964 bits per heavy atom. The molecule has 0 saturated heterocycles. The van der Waals surface area contributed by atoms with Crippen molar-refractivity contribution < 1.29 is 23.1 Å². The Morgan fingerprint density at radius 2 is 1.71 bits per heavy atom. The molecule has 2 aromatic carbocycles. The van der Waals surface area contributed by atoms with Gasteiger partial charge in [-0.15, -0.1) is 0 Å². The summed E-state index contributed by atoms with van der Waals surface area (Å²) >= 11 is 0. The van der Waals surface area contributed by atoms with Gasteiger partial charge < -0.3 is 5.11 Å². The number of aromatic carboxylic acids is 1.